The molecule has 0 amide bonds. The first kappa shape index (κ1) is 48.0. The number of rotatable bonds is 45. The van der Waals surface area contributed by atoms with E-state index in [4.69, 9.17) is 48.7 Å². The number of aliphatic hydroxyl groups excluding tert-OH is 1. The van der Waals surface area contributed by atoms with Crippen molar-refractivity contribution in [2.24, 2.45) is 5.73 Å². The van der Waals surface area contributed by atoms with Gasteiger partial charge < -0.3 is 48.7 Å². The van der Waals surface area contributed by atoms with Crippen molar-refractivity contribution in [3.8, 4) is 0 Å². The molecule has 0 aliphatic carbocycles. The SMILES string of the molecule is NCCOCCOCCOCCOCCOCCCCCCCCCCCSCCCCCCCCCCOCCOCCOCCO. The molecule has 0 saturated carbocycles. The van der Waals surface area contributed by atoms with Crippen LogP contribution >= 0.6 is 11.8 Å². The van der Waals surface area contributed by atoms with E-state index in [1.165, 1.54) is 108 Å². The van der Waals surface area contributed by atoms with Crippen LogP contribution in [0.4, 0.5) is 0 Å². The smallest absolute Gasteiger partial charge is 0.0701 e. The molecule has 0 spiro atoms. The summed E-state index contributed by atoms with van der Waals surface area (Å²) in [4.78, 5) is 0. The van der Waals surface area contributed by atoms with Gasteiger partial charge in [-0.25, -0.2) is 0 Å². The van der Waals surface area contributed by atoms with Crippen LogP contribution in [0.5, 0.6) is 0 Å². The summed E-state index contributed by atoms with van der Waals surface area (Å²) in [6.07, 6.45) is 22.7. The number of hydrogen-bond donors (Lipinski definition) is 2. The average Bonchev–Trinajstić information content (AvgIpc) is 3.10. The van der Waals surface area contributed by atoms with Gasteiger partial charge in [0.25, 0.3) is 0 Å². The minimum Gasteiger partial charge on any atom is -0.394 e. The van der Waals surface area contributed by atoms with Gasteiger partial charge in [-0.3, -0.25) is 0 Å². The highest BCUT2D eigenvalue weighted by Gasteiger charge is 1.98. The summed E-state index contributed by atoms with van der Waals surface area (Å²) < 4.78 is 43.5. The molecule has 0 aromatic carbocycles. The van der Waals surface area contributed by atoms with Gasteiger partial charge in [-0.15, -0.1) is 0 Å². The fraction of sp³-hybridized carbons (Fsp3) is 1.00. The van der Waals surface area contributed by atoms with Gasteiger partial charge in [0.1, 0.15) is 0 Å². The first-order valence-electron chi connectivity index (χ1n) is 19.4. The summed E-state index contributed by atoms with van der Waals surface area (Å²) in [5.41, 5.74) is 5.35. The lowest BCUT2D eigenvalue weighted by molar-refractivity contribution is -0.0107. The highest BCUT2D eigenvalue weighted by molar-refractivity contribution is 7.99. The predicted octanol–water partition coefficient (Wildman–Crippen LogP) is 6.44. The van der Waals surface area contributed by atoms with E-state index in [1.807, 2.05) is 0 Å². The topological polar surface area (TPSA) is 120 Å². The van der Waals surface area contributed by atoms with Crippen LogP contribution in [-0.2, 0) is 37.9 Å². The lowest BCUT2D eigenvalue weighted by Gasteiger charge is -2.08. The van der Waals surface area contributed by atoms with E-state index in [1.54, 1.807) is 0 Å². The molecule has 0 bridgehead atoms. The van der Waals surface area contributed by atoms with E-state index in [0.717, 1.165) is 26.1 Å². The molecule has 0 heterocycles. The highest BCUT2D eigenvalue weighted by atomic mass is 32.2. The normalized spacial score (nSPS) is 11.6. The molecular weight excluding hydrogens is 634 g/mol. The van der Waals surface area contributed by atoms with Gasteiger partial charge in [0.05, 0.1) is 99.1 Å². The van der Waals surface area contributed by atoms with Gasteiger partial charge in [0.15, 0.2) is 0 Å². The summed E-state index contributed by atoms with van der Waals surface area (Å²) >= 11 is 2.16. The third-order valence-corrected chi connectivity index (χ3v) is 8.79. The number of aliphatic hydroxyl groups is 1. The molecule has 290 valence electrons. The maximum Gasteiger partial charge on any atom is 0.0701 e. The van der Waals surface area contributed by atoms with E-state index in [2.05, 4.69) is 11.8 Å². The van der Waals surface area contributed by atoms with Crippen molar-refractivity contribution in [3.63, 3.8) is 0 Å². The zero-order chi connectivity index (χ0) is 34.5. The number of ether oxygens (including phenoxy) is 8. The predicted molar refractivity (Wildman–Crippen MR) is 199 cm³/mol. The summed E-state index contributed by atoms with van der Waals surface area (Å²) in [6, 6.07) is 0. The van der Waals surface area contributed by atoms with Crippen LogP contribution in [0, 0.1) is 0 Å². The Balaban J connectivity index is 3.04. The molecule has 0 fully saturated rings. The number of thioether (sulfide) groups is 1. The molecule has 0 radical (unpaired) electrons. The van der Waals surface area contributed by atoms with Crippen LogP contribution in [0.15, 0.2) is 0 Å². The van der Waals surface area contributed by atoms with Gasteiger partial charge >= 0.3 is 0 Å². The lowest BCUT2D eigenvalue weighted by Crippen LogP contribution is -2.14. The summed E-state index contributed by atoms with van der Waals surface area (Å²) in [7, 11) is 0. The zero-order valence-electron chi connectivity index (χ0n) is 30.9. The van der Waals surface area contributed by atoms with E-state index in [-0.39, 0.29) is 6.61 Å². The maximum absolute atomic E-state index is 8.61. The Morgan fingerprint density at radius 3 is 0.854 bits per heavy atom. The van der Waals surface area contributed by atoms with Crippen LogP contribution in [0.1, 0.15) is 109 Å². The summed E-state index contributed by atoms with van der Waals surface area (Å²) in [5.74, 6) is 2.68. The van der Waals surface area contributed by atoms with Crippen molar-refractivity contribution in [3.05, 3.63) is 0 Å². The summed E-state index contributed by atoms with van der Waals surface area (Å²) in [5, 5.41) is 8.61. The van der Waals surface area contributed by atoms with Crippen molar-refractivity contribution in [2.75, 3.05) is 130 Å². The second kappa shape index (κ2) is 47.0. The van der Waals surface area contributed by atoms with E-state index in [9.17, 15) is 0 Å². The van der Waals surface area contributed by atoms with Crippen LogP contribution in [0.2, 0.25) is 0 Å². The Hall–Kier alpha value is -0.0500. The molecule has 0 unspecified atom stereocenters. The van der Waals surface area contributed by atoms with Crippen LogP contribution in [0.3, 0.4) is 0 Å². The molecule has 0 aromatic heterocycles. The largest absolute Gasteiger partial charge is 0.394 e. The molecule has 3 N–H and O–H groups in total. The van der Waals surface area contributed by atoms with E-state index >= 15 is 0 Å². The summed E-state index contributed by atoms with van der Waals surface area (Å²) in [6.45, 7) is 10.3. The molecule has 0 aliphatic rings. The van der Waals surface area contributed by atoms with Gasteiger partial charge in [-0.05, 0) is 37.2 Å². The van der Waals surface area contributed by atoms with E-state index < -0.39 is 0 Å². The minimum atomic E-state index is 0.0634. The standard InChI is InChI=1S/C37H77NO9S/c38-18-22-42-26-30-46-33-35-47-34-32-45-29-25-41-20-14-10-6-2-1-4-8-12-16-36-48-37-17-13-9-5-3-7-11-15-21-40-24-28-44-31-27-43-23-19-39/h39H,1-38H2. The molecule has 0 atom stereocenters. The van der Waals surface area contributed by atoms with Crippen molar-refractivity contribution in [1.82, 2.24) is 0 Å². The van der Waals surface area contributed by atoms with Crippen LogP contribution < -0.4 is 5.73 Å². The van der Waals surface area contributed by atoms with Gasteiger partial charge in [-0.1, -0.05) is 83.5 Å². The molecule has 0 aromatic rings. The highest BCUT2D eigenvalue weighted by Crippen LogP contribution is 2.15. The molecule has 0 rings (SSSR count). The Morgan fingerprint density at radius 2 is 0.542 bits per heavy atom. The monoisotopic (exact) mass is 712 g/mol. The molecule has 10 nitrogen and oxygen atoms in total. The zero-order valence-corrected chi connectivity index (χ0v) is 31.7. The first-order chi connectivity index (χ1) is 23.9. The van der Waals surface area contributed by atoms with Crippen molar-refractivity contribution in [1.29, 1.82) is 0 Å². The number of nitrogens with two attached hydrogens (primary N) is 1. The molecule has 0 saturated heterocycles. The Bertz CT molecular complexity index is 509. The van der Waals surface area contributed by atoms with Crippen molar-refractivity contribution < 1.29 is 43.0 Å². The Kier molecular flexibility index (Phi) is 46.9. The quantitative estimate of drug-likeness (QED) is 0.0680. The molecular formula is C37H77NO9S. The fourth-order valence-electron chi connectivity index (χ4n) is 4.89. The third kappa shape index (κ3) is 46.0. The maximum atomic E-state index is 8.61. The number of hydrogen-bond acceptors (Lipinski definition) is 11. The lowest BCUT2D eigenvalue weighted by atomic mass is 10.1. The Labute approximate surface area is 299 Å². The van der Waals surface area contributed by atoms with Gasteiger partial charge in [-0.2, -0.15) is 11.8 Å². The first-order valence-corrected chi connectivity index (χ1v) is 20.6. The average molecular weight is 712 g/mol. The van der Waals surface area contributed by atoms with Gasteiger partial charge in [0.2, 0.25) is 0 Å². The van der Waals surface area contributed by atoms with Crippen LogP contribution in [0.25, 0.3) is 0 Å². The molecule has 0 aliphatic heterocycles. The van der Waals surface area contributed by atoms with Crippen molar-refractivity contribution in [2.45, 2.75) is 109 Å². The minimum absolute atomic E-state index is 0.0634. The second-order valence-electron chi connectivity index (χ2n) is 12.0. The second-order valence-corrected chi connectivity index (χ2v) is 13.3. The van der Waals surface area contributed by atoms with Crippen molar-refractivity contribution >= 4 is 11.8 Å². The molecule has 48 heavy (non-hydrogen) atoms. The Morgan fingerprint density at radius 1 is 0.292 bits per heavy atom. The fourth-order valence-corrected chi connectivity index (χ4v) is 5.91. The van der Waals surface area contributed by atoms with Gasteiger partial charge in [0, 0.05) is 19.8 Å². The van der Waals surface area contributed by atoms with E-state index in [0.29, 0.717) is 99.0 Å². The number of unbranched alkanes of at least 4 members (excludes halogenated alkanes) is 15. The van der Waals surface area contributed by atoms with Crippen LogP contribution in [-0.4, -0.2) is 135 Å². The third-order valence-electron chi connectivity index (χ3n) is 7.63. The molecule has 11 heteroatoms.